The van der Waals surface area contributed by atoms with E-state index < -0.39 is 0 Å². The highest BCUT2D eigenvalue weighted by Gasteiger charge is 2.04. The first-order valence-corrected chi connectivity index (χ1v) is 14.5. The minimum absolute atomic E-state index is 0. The third-order valence-electron chi connectivity index (χ3n) is 7.02. The smallest absolute Gasteiger partial charge is 0.169 e. The van der Waals surface area contributed by atoms with Gasteiger partial charge in [0, 0.05) is 37.1 Å². The van der Waals surface area contributed by atoms with Gasteiger partial charge in [-0.1, -0.05) is 66.2 Å². The van der Waals surface area contributed by atoms with E-state index in [9.17, 15) is 0 Å². The number of hydrogen-bond donors (Lipinski definition) is 0. The van der Waals surface area contributed by atoms with Crippen molar-refractivity contribution >= 4 is 0 Å². The SMILES string of the molecule is CC(C)CCc1cc[n+](CCCCCCCCCCCC[n+]2ccc(CCC(C)C)cc2)cc1.[Cl-].[Cl-]. The van der Waals surface area contributed by atoms with Crippen LogP contribution in [0.4, 0.5) is 0 Å². The molecular weight excluding hydrogens is 483 g/mol. The van der Waals surface area contributed by atoms with Crippen molar-refractivity contribution in [2.24, 2.45) is 11.8 Å². The van der Waals surface area contributed by atoms with Gasteiger partial charge in [0.25, 0.3) is 0 Å². The van der Waals surface area contributed by atoms with Crippen LogP contribution in [0.2, 0.25) is 0 Å². The number of halogens is 2. The summed E-state index contributed by atoms with van der Waals surface area (Å²) in [6.07, 6.45) is 27.9. The van der Waals surface area contributed by atoms with Gasteiger partial charge in [0.1, 0.15) is 13.1 Å². The van der Waals surface area contributed by atoms with Crippen molar-refractivity contribution in [3.63, 3.8) is 0 Å². The lowest BCUT2D eigenvalue weighted by Crippen LogP contribution is -3.00. The average molecular weight is 538 g/mol. The van der Waals surface area contributed by atoms with Crippen molar-refractivity contribution in [1.82, 2.24) is 0 Å². The number of nitrogens with zero attached hydrogens (tertiary/aromatic N) is 2. The van der Waals surface area contributed by atoms with Crippen LogP contribution in [0.15, 0.2) is 49.1 Å². The highest BCUT2D eigenvalue weighted by Crippen LogP contribution is 2.11. The molecule has 0 bridgehead atoms. The van der Waals surface area contributed by atoms with Gasteiger partial charge in [0.2, 0.25) is 0 Å². The number of hydrogen-bond acceptors (Lipinski definition) is 0. The highest BCUT2D eigenvalue weighted by atomic mass is 35.5. The van der Waals surface area contributed by atoms with Crippen LogP contribution in [0.1, 0.15) is 116 Å². The summed E-state index contributed by atoms with van der Waals surface area (Å²) in [5.41, 5.74) is 2.96. The molecule has 0 radical (unpaired) electrons. The number of rotatable bonds is 19. The first-order valence-electron chi connectivity index (χ1n) is 14.5. The minimum atomic E-state index is 0. The van der Waals surface area contributed by atoms with Crippen LogP contribution in [0.5, 0.6) is 0 Å². The lowest BCUT2D eigenvalue weighted by molar-refractivity contribution is -0.697. The molecule has 0 spiro atoms. The molecule has 0 amide bonds. The summed E-state index contributed by atoms with van der Waals surface area (Å²) >= 11 is 0. The lowest BCUT2D eigenvalue weighted by atomic mass is 10.0. The molecule has 0 aliphatic heterocycles. The summed E-state index contributed by atoms with van der Waals surface area (Å²) < 4.78 is 4.72. The zero-order valence-electron chi connectivity index (χ0n) is 23.7. The molecule has 0 aliphatic carbocycles. The molecule has 0 aliphatic rings. The fourth-order valence-electron chi connectivity index (χ4n) is 4.52. The van der Waals surface area contributed by atoms with E-state index in [1.165, 1.54) is 114 Å². The molecule has 2 rings (SSSR count). The van der Waals surface area contributed by atoms with E-state index in [0.717, 1.165) is 11.8 Å². The molecule has 0 saturated carbocycles. The highest BCUT2D eigenvalue weighted by molar-refractivity contribution is 5.07. The summed E-state index contributed by atoms with van der Waals surface area (Å²) in [5.74, 6) is 1.58. The van der Waals surface area contributed by atoms with E-state index in [2.05, 4.69) is 85.9 Å². The molecule has 4 heteroatoms. The van der Waals surface area contributed by atoms with E-state index in [1.54, 1.807) is 0 Å². The van der Waals surface area contributed by atoms with Crippen LogP contribution >= 0.6 is 0 Å². The number of unbranched alkanes of at least 4 members (excludes halogenated alkanes) is 9. The first kappa shape index (κ1) is 34.9. The second-order valence-corrected chi connectivity index (χ2v) is 11.3. The molecule has 2 heterocycles. The van der Waals surface area contributed by atoms with E-state index in [4.69, 9.17) is 0 Å². The Bertz CT molecular complexity index is 676. The predicted molar refractivity (Wildman–Crippen MR) is 146 cm³/mol. The van der Waals surface area contributed by atoms with Gasteiger partial charge in [0.15, 0.2) is 24.8 Å². The second kappa shape index (κ2) is 21.9. The maximum absolute atomic E-state index is 2.36. The Hall–Kier alpha value is -1.12. The zero-order valence-corrected chi connectivity index (χ0v) is 25.2. The maximum Gasteiger partial charge on any atom is 0.169 e. The Morgan fingerprint density at radius 1 is 0.472 bits per heavy atom. The van der Waals surface area contributed by atoms with Gasteiger partial charge < -0.3 is 24.8 Å². The summed E-state index contributed by atoms with van der Waals surface area (Å²) in [6, 6.07) is 9.24. The standard InChI is InChI=1S/C32H54N2.2ClH/c1-29(2)15-17-31-19-25-33(26-20-31)23-13-11-9-7-5-6-8-10-12-14-24-34-27-21-32(22-28-34)18-16-30(3)4;;/h19-22,25-30H,5-18,23-24H2,1-4H3;2*1H/q+2;;/p-2. The fourth-order valence-corrected chi connectivity index (χ4v) is 4.52. The summed E-state index contributed by atoms with van der Waals surface area (Å²) in [5, 5.41) is 0. The quantitative estimate of drug-likeness (QED) is 0.192. The fraction of sp³-hybridized carbons (Fsp3) is 0.688. The zero-order chi connectivity index (χ0) is 24.4. The summed E-state index contributed by atoms with van der Waals surface area (Å²) in [6.45, 7) is 11.6. The Morgan fingerprint density at radius 3 is 1.03 bits per heavy atom. The Kier molecular flexibility index (Phi) is 21.2. The molecular formula is C32H54Cl2N2. The van der Waals surface area contributed by atoms with Crippen molar-refractivity contribution in [1.29, 1.82) is 0 Å². The number of aryl methyl sites for hydroxylation is 4. The topological polar surface area (TPSA) is 7.76 Å². The Morgan fingerprint density at radius 2 is 0.750 bits per heavy atom. The largest absolute Gasteiger partial charge is 1.00 e. The van der Waals surface area contributed by atoms with E-state index >= 15 is 0 Å². The molecule has 0 fully saturated rings. The molecule has 2 aromatic heterocycles. The van der Waals surface area contributed by atoms with Crippen LogP contribution in [0.25, 0.3) is 0 Å². The molecule has 2 nitrogen and oxygen atoms in total. The Balaban J connectivity index is 0.00000612. The molecule has 206 valence electrons. The maximum atomic E-state index is 2.36. The van der Waals surface area contributed by atoms with Crippen LogP contribution in [0, 0.1) is 11.8 Å². The first-order chi connectivity index (χ1) is 16.5. The predicted octanol–water partition coefficient (Wildman–Crippen LogP) is 2.05. The molecule has 0 aromatic carbocycles. The van der Waals surface area contributed by atoms with E-state index in [-0.39, 0.29) is 24.8 Å². The van der Waals surface area contributed by atoms with Crippen molar-refractivity contribution in [2.75, 3.05) is 0 Å². The van der Waals surface area contributed by atoms with E-state index in [0.29, 0.717) is 0 Å². The molecule has 2 aromatic rings. The van der Waals surface area contributed by atoms with E-state index in [1.807, 2.05) is 0 Å². The van der Waals surface area contributed by atoms with Gasteiger partial charge in [-0.2, -0.15) is 0 Å². The van der Waals surface area contributed by atoms with Crippen molar-refractivity contribution in [3.8, 4) is 0 Å². The van der Waals surface area contributed by atoms with Crippen LogP contribution < -0.4 is 33.9 Å². The van der Waals surface area contributed by atoms with Crippen molar-refractivity contribution < 1.29 is 33.9 Å². The van der Waals surface area contributed by atoms with Crippen LogP contribution in [-0.2, 0) is 25.9 Å². The average Bonchev–Trinajstić information content (AvgIpc) is 2.83. The molecule has 0 unspecified atom stereocenters. The van der Waals surface area contributed by atoms with Gasteiger partial charge >= 0.3 is 0 Å². The second-order valence-electron chi connectivity index (χ2n) is 11.3. The van der Waals surface area contributed by atoms with Gasteiger partial charge in [-0.05, 0) is 61.5 Å². The molecule has 0 saturated heterocycles. The van der Waals surface area contributed by atoms with Crippen molar-refractivity contribution in [2.45, 2.75) is 131 Å². The minimum Gasteiger partial charge on any atom is -1.00 e. The molecule has 0 atom stereocenters. The van der Waals surface area contributed by atoms with Gasteiger partial charge in [-0.15, -0.1) is 0 Å². The van der Waals surface area contributed by atoms with Gasteiger partial charge in [-0.25, -0.2) is 9.13 Å². The normalized spacial score (nSPS) is 10.9. The number of aromatic nitrogens is 2. The third-order valence-corrected chi connectivity index (χ3v) is 7.02. The number of pyridine rings is 2. The lowest BCUT2D eigenvalue weighted by Gasteiger charge is -2.04. The molecule has 0 N–H and O–H groups in total. The summed E-state index contributed by atoms with van der Waals surface area (Å²) in [4.78, 5) is 0. The third kappa shape index (κ3) is 17.4. The Labute approximate surface area is 236 Å². The van der Waals surface area contributed by atoms with Crippen LogP contribution in [-0.4, -0.2) is 0 Å². The van der Waals surface area contributed by atoms with Crippen molar-refractivity contribution in [3.05, 3.63) is 60.2 Å². The molecule has 36 heavy (non-hydrogen) atoms. The summed E-state index contributed by atoms with van der Waals surface area (Å²) in [7, 11) is 0. The monoisotopic (exact) mass is 536 g/mol. The van der Waals surface area contributed by atoms with Crippen LogP contribution in [0.3, 0.4) is 0 Å². The van der Waals surface area contributed by atoms with Gasteiger partial charge in [0.05, 0.1) is 0 Å². The van der Waals surface area contributed by atoms with Gasteiger partial charge in [-0.3, -0.25) is 0 Å².